The van der Waals surface area contributed by atoms with E-state index in [2.05, 4.69) is 24.5 Å². The van der Waals surface area contributed by atoms with Gasteiger partial charge in [0, 0.05) is 19.5 Å². The molecule has 0 saturated heterocycles. The lowest BCUT2D eigenvalue weighted by Crippen LogP contribution is -2.37. The molecule has 0 aliphatic heterocycles. The third-order valence-electron chi connectivity index (χ3n) is 3.35. The fourth-order valence-corrected chi connectivity index (χ4v) is 1.86. The van der Waals surface area contributed by atoms with E-state index in [1.54, 1.807) is 0 Å². The van der Waals surface area contributed by atoms with Gasteiger partial charge in [-0.05, 0) is 37.0 Å². The number of amides is 2. The molecule has 0 aromatic carbocycles. The number of rotatable bonds is 10. The number of carboxylic acid groups (broad SMARTS) is 1. The van der Waals surface area contributed by atoms with Crippen molar-refractivity contribution in [3.63, 3.8) is 0 Å². The lowest BCUT2D eigenvalue weighted by Gasteiger charge is -2.23. The Balaban J connectivity index is 3.66. The maximum atomic E-state index is 11.5. The lowest BCUT2D eigenvalue weighted by molar-refractivity contribution is -0.137. The molecule has 0 rings (SSSR count). The van der Waals surface area contributed by atoms with Gasteiger partial charge in [-0.1, -0.05) is 27.7 Å². The summed E-state index contributed by atoms with van der Waals surface area (Å²) in [5.41, 5.74) is -0.0662. The summed E-state index contributed by atoms with van der Waals surface area (Å²) in [6.07, 6.45) is 3.69. The highest BCUT2D eigenvalue weighted by Crippen LogP contribution is 2.25. The van der Waals surface area contributed by atoms with Crippen LogP contribution in [0.4, 0.5) is 4.79 Å². The third kappa shape index (κ3) is 11.8. The Hall–Kier alpha value is -1.26. The van der Waals surface area contributed by atoms with Crippen LogP contribution >= 0.6 is 0 Å². The van der Waals surface area contributed by atoms with Crippen molar-refractivity contribution >= 4 is 12.0 Å². The number of urea groups is 1. The van der Waals surface area contributed by atoms with E-state index in [1.165, 1.54) is 0 Å². The Labute approximate surface area is 122 Å². The molecular weight excluding hydrogens is 256 g/mol. The van der Waals surface area contributed by atoms with Gasteiger partial charge in [0.1, 0.15) is 0 Å². The molecule has 0 saturated carbocycles. The zero-order chi connectivity index (χ0) is 15.6. The van der Waals surface area contributed by atoms with Crippen LogP contribution in [0.5, 0.6) is 0 Å². The number of hydrogen-bond acceptors (Lipinski definition) is 2. The summed E-state index contributed by atoms with van der Waals surface area (Å²) >= 11 is 0. The Morgan fingerprint density at radius 2 is 1.70 bits per heavy atom. The molecule has 0 radical (unpaired) electrons. The van der Waals surface area contributed by atoms with Crippen LogP contribution in [-0.2, 0) is 4.79 Å². The molecular formula is C15H30N2O3. The summed E-state index contributed by atoms with van der Waals surface area (Å²) in [6, 6.07) is -0.136. The van der Waals surface area contributed by atoms with E-state index in [0.717, 1.165) is 19.3 Å². The van der Waals surface area contributed by atoms with Crippen molar-refractivity contribution in [1.82, 2.24) is 10.6 Å². The standard InChI is InChI=1S/C15H30N2O3/c1-12(2)6-5-10-16-14(20)17-11-9-15(3,4)8-7-13(18)19/h12H,5-11H2,1-4H3,(H,18,19)(H2,16,17,20). The molecule has 5 nitrogen and oxygen atoms in total. The van der Waals surface area contributed by atoms with Crippen LogP contribution < -0.4 is 10.6 Å². The van der Waals surface area contributed by atoms with Gasteiger partial charge in [-0.25, -0.2) is 4.79 Å². The van der Waals surface area contributed by atoms with Gasteiger partial charge in [0.2, 0.25) is 0 Å². The van der Waals surface area contributed by atoms with Crippen molar-refractivity contribution in [3.05, 3.63) is 0 Å². The van der Waals surface area contributed by atoms with Gasteiger partial charge in [0.15, 0.2) is 0 Å². The Kier molecular flexibility index (Phi) is 9.01. The minimum absolute atomic E-state index is 0.0662. The average molecular weight is 286 g/mol. The SMILES string of the molecule is CC(C)CCCNC(=O)NCCC(C)(C)CCC(=O)O. The Bertz CT molecular complexity index is 301. The number of hydrogen-bond donors (Lipinski definition) is 3. The summed E-state index contributed by atoms with van der Waals surface area (Å²) < 4.78 is 0. The zero-order valence-electron chi connectivity index (χ0n) is 13.3. The van der Waals surface area contributed by atoms with E-state index >= 15 is 0 Å². The normalized spacial score (nSPS) is 11.4. The predicted octanol–water partition coefficient (Wildman–Crippen LogP) is 3.00. The summed E-state index contributed by atoms with van der Waals surface area (Å²) in [7, 11) is 0. The van der Waals surface area contributed by atoms with Crippen LogP contribution in [0, 0.1) is 11.3 Å². The van der Waals surface area contributed by atoms with E-state index in [4.69, 9.17) is 5.11 Å². The van der Waals surface area contributed by atoms with Crippen LogP contribution in [0.25, 0.3) is 0 Å². The van der Waals surface area contributed by atoms with E-state index < -0.39 is 5.97 Å². The number of nitrogens with one attached hydrogen (secondary N) is 2. The van der Waals surface area contributed by atoms with Crippen molar-refractivity contribution in [3.8, 4) is 0 Å². The van der Waals surface area contributed by atoms with Crippen LogP contribution in [0.1, 0.15) is 59.8 Å². The molecule has 2 amide bonds. The first-order valence-electron chi connectivity index (χ1n) is 7.46. The van der Waals surface area contributed by atoms with Gasteiger partial charge in [-0.2, -0.15) is 0 Å². The van der Waals surface area contributed by atoms with Crippen molar-refractivity contribution in [2.75, 3.05) is 13.1 Å². The van der Waals surface area contributed by atoms with Gasteiger partial charge in [-0.15, -0.1) is 0 Å². The third-order valence-corrected chi connectivity index (χ3v) is 3.35. The van der Waals surface area contributed by atoms with Gasteiger partial charge in [0.25, 0.3) is 0 Å². The van der Waals surface area contributed by atoms with E-state index in [-0.39, 0.29) is 17.9 Å². The van der Waals surface area contributed by atoms with Gasteiger partial charge in [-0.3, -0.25) is 4.79 Å². The van der Waals surface area contributed by atoms with Crippen LogP contribution in [-0.4, -0.2) is 30.2 Å². The highest BCUT2D eigenvalue weighted by molar-refractivity contribution is 5.73. The number of carboxylic acids is 1. The molecule has 0 spiro atoms. The fourth-order valence-electron chi connectivity index (χ4n) is 1.86. The van der Waals surface area contributed by atoms with Crippen molar-refractivity contribution < 1.29 is 14.7 Å². The molecule has 0 unspecified atom stereocenters. The van der Waals surface area contributed by atoms with Gasteiger partial charge < -0.3 is 15.7 Å². The molecule has 3 N–H and O–H groups in total. The highest BCUT2D eigenvalue weighted by atomic mass is 16.4. The van der Waals surface area contributed by atoms with Crippen molar-refractivity contribution in [2.24, 2.45) is 11.3 Å². The first-order valence-corrected chi connectivity index (χ1v) is 7.46. The first-order chi connectivity index (χ1) is 9.23. The molecule has 20 heavy (non-hydrogen) atoms. The van der Waals surface area contributed by atoms with Crippen molar-refractivity contribution in [2.45, 2.75) is 59.8 Å². The molecule has 5 heteroatoms. The summed E-state index contributed by atoms with van der Waals surface area (Å²) in [5, 5.41) is 14.3. The maximum absolute atomic E-state index is 11.5. The van der Waals surface area contributed by atoms with Crippen LogP contribution in [0.3, 0.4) is 0 Å². The highest BCUT2D eigenvalue weighted by Gasteiger charge is 2.19. The van der Waals surface area contributed by atoms with Gasteiger partial charge in [0.05, 0.1) is 0 Å². The largest absolute Gasteiger partial charge is 0.481 e. The summed E-state index contributed by atoms with van der Waals surface area (Å²) in [4.78, 5) is 22.1. The summed E-state index contributed by atoms with van der Waals surface area (Å²) in [5.74, 6) is -0.108. The average Bonchev–Trinajstić information content (AvgIpc) is 2.32. The molecule has 0 bridgehead atoms. The Morgan fingerprint density at radius 3 is 2.25 bits per heavy atom. The second-order valence-electron chi connectivity index (χ2n) is 6.53. The molecule has 0 aliphatic carbocycles. The molecule has 0 aromatic rings. The minimum Gasteiger partial charge on any atom is -0.481 e. The zero-order valence-corrected chi connectivity index (χ0v) is 13.3. The van der Waals surface area contributed by atoms with E-state index in [1.807, 2.05) is 13.8 Å². The molecule has 118 valence electrons. The smallest absolute Gasteiger partial charge is 0.314 e. The second kappa shape index (κ2) is 9.61. The maximum Gasteiger partial charge on any atom is 0.314 e. The van der Waals surface area contributed by atoms with E-state index in [0.29, 0.717) is 25.4 Å². The molecule has 0 fully saturated rings. The number of carbonyl (C=O) groups is 2. The van der Waals surface area contributed by atoms with Gasteiger partial charge >= 0.3 is 12.0 Å². The van der Waals surface area contributed by atoms with Crippen LogP contribution in [0.15, 0.2) is 0 Å². The first kappa shape index (κ1) is 18.7. The second-order valence-corrected chi connectivity index (χ2v) is 6.53. The van der Waals surface area contributed by atoms with Crippen molar-refractivity contribution in [1.29, 1.82) is 0 Å². The topological polar surface area (TPSA) is 78.4 Å². The minimum atomic E-state index is -0.770. The molecule has 0 aromatic heterocycles. The number of aliphatic carboxylic acids is 1. The molecule has 0 atom stereocenters. The monoisotopic (exact) mass is 286 g/mol. The summed E-state index contributed by atoms with van der Waals surface area (Å²) in [6.45, 7) is 9.66. The molecule has 0 aliphatic rings. The fraction of sp³-hybridized carbons (Fsp3) is 0.867. The lowest BCUT2D eigenvalue weighted by atomic mass is 9.84. The Morgan fingerprint density at radius 1 is 1.10 bits per heavy atom. The van der Waals surface area contributed by atoms with E-state index in [9.17, 15) is 9.59 Å². The predicted molar refractivity (Wildman–Crippen MR) is 80.7 cm³/mol. The quantitative estimate of drug-likeness (QED) is 0.540. The molecule has 0 heterocycles. The van der Waals surface area contributed by atoms with Crippen LogP contribution in [0.2, 0.25) is 0 Å². The number of carbonyl (C=O) groups excluding carboxylic acids is 1.